The first-order chi connectivity index (χ1) is 10.6. The Kier molecular flexibility index (Phi) is 6.40. The van der Waals surface area contributed by atoms with Gasteiger partial charge in [0.05, 0.1) is 0 Å². The molecule has 1 aromatic rings. The molecular formula is C18H28N2O2. The van der Waals surface area contributed by atoms with Gasteiger partial charge in [0.15, 0.2) is 0 Å². The molecule has 0 spiro atoms. The van der Waals surface area contributed by atoms with E-state index < -0.39 is 0 Å². The summed E-state index contributed by atoms with van der Waals surface area (Å²) in [7, 11) is 1.53. The van der Waals surface area contributed by atoms with Gasteiger partial charge in [-0.25, -0.2) is 0 Å². The van der Waals surface area contributed by atoms with Crippen molar-refractivity contribution in [3.05, 3.63) is 35.4 Å². The molecule has 1 heterocycles. The first-order valence-electron chi connectivity index (χ1n) is 8.13. The normalized spacial score (nSPS) is 22.5. The van der Waals surface area contributed by atoms with E-state index in [9.17, 15) is 4.79 Å². The summed E-state index contributed by atoms with van der Waals surface area (Å²) in [4.78, 5) is 14.1. The van der Waals surface area contributed by atoms with Crippen molar-refractivity contribution in [2.45, 2.75) is 33.4 Å². The number of hydrogen-bond acceptors (Lipinski definition) is 3. The van der Waals surface area contributed by atoms with Crippen molar-refractivity contribution >= 4 is 5.91 Å². The third kappa shape index (κ3) is 5.11. The van der Waals surface area contributed by atoms with E-state index >= 15 is 0 Å². The minimum Gasteiger partial charge on any atom is -0.375 e. The Morgan fingerprint density at radius 2 is 1.86 bits per heavy atom. The van der Waals surface area contributed by atoms with Crippen molar-refractivity contribution in [2.24, 2.45) is 11.8 Å². The molecule has 1 aliphatic heterocycles. The van der Waals surface area contributed by atoms with Crippen molar-refractivity contribution < 1.29 is 9.53 Å². The summed E-state index contributed by atoms with van der Waals surface area (Å²) in [5.41, 5.74) is 2.50. The molecule has 22 heavy (non-hydrogen) atoms. The van der Waals surface area contributed by atoms with Crippen LogP contribution in [-0.2, 0) is 22.6 Å². The maximum Gasteiger partial charge on any atom is 0.246 e. The smallest absolute Gasteiger partial charge is 0.246 e. The number of methoxy groups -OCH3 is 1. The topological polar surface area (TPSA) is 41.6 Å². The second kappa shape index (κ2) is 8.30. The van der Waals surface area contributed by atoms with E-state index in [1.807, 2.05) is 6.07 Å². The molecule has 0 saturated carbocycles. The number of rotatable bonds is 6. The number of nitrogens with one attached hydrogen (secondary N) is 1. The van der Waals surface area contributed by atoms with E-state index in [0.717, 1.165) is 31.5 Å². The van der Waals surface area contributed by atoms with Gasteiger partial charge in [-0.2, -0.15) is 0 Å². The molecule has 2 rings (SSSR count). The molecule has 4 nitrogen and oxygen atoms in total. The lowest BCUT2D eigenvalue weighted by molar-refractivity contribution is -0.124. The van der Waals surface area contributed by atoms with Crippen LogP contribution in [0.2, 0.25) is 0 Å². The number of likely N-dealkylation sites (tertiary alicyclic amines) is 1. The highest BCUT2D eigenvalue weighted by Crippen LogP contribution is 2.23. The number of ether oxygens (including phenoxy) is 1. The predicted molar refractivity (Wildman–Crippen MR) is 88.4 cm³/mol. The average molecular weight is 304 g/mol. The Hall–Kier alpha value is -1.39. The number of benzene rings is 1. The first-order valence-corrected chi connectivity index (χ1v) is 8.13. The fourth-order valence-electron chi connectivity index (χ4n) is 3.42. The molecular weight excluding hydrogens is 276 g/mol. The van der Waals surface area contributed by atoms with Gasteiger partial charge in [0, 0.05) is 33.3 Å². The van der Waals surface area contributed by atoms with Crippen molar-refractivity contribution in [1.82, 2.24) is 10.2 Å². The second-order valence-corrected chi connectivity index (χ2v) is 6.62. The minimum atomic E-state index is -0.0717. The molecule has 1 N–H and O–H groups in total. The van der Waals surface area contributed by atoms with Gasteiger partial charge in [-0.05, 0) is 29.4 Å². The highest BCUT2D eigenvalue weighted by atomic mass is 16.5. The molecule has 0 aromatic heterocycles. The summed E-state index contributed by atoms with van der Waals surface area (Å²) in [6.07, 6.45) is 1.32. The lowest BCUT2D eigenvalue weighted by atomic mass is 9.91. The minimum absolute atomic E-state index is 0.0717. The van der Waals surface area contributed by atoms with Crippen LogP contribution in [0.25, 0.3) is 0 Å². The molecule has 2 atom stereocenters. The molecule has 1 fully saturated rings. The number of carbonyl (C=O) groups excluding carboxylic acids is 1. The number of nitrogens with zero attached hydrogens (tertiary/aromatic N) is 1. The highest BCUT2D eigenvalue weighted by molar-refractivity contribution is 5.77. The van der Waals surface area contributed by atoms with E-state index in [1.54, 1.807) is 0 Å². The summed E-state index contributed by atoms with van der Waals surface area (Å²) in [6, 6.07) is 8.37. The summed E-state index contributed by atoms with van der Waals surface area (Å²) in [5, 5.41) is 2.91. The quantitative estimate of drug-likeness (QED) is 0.877. The van der Waals surface area contributed by atoms with Crippen LogP contribution in [0.4, 0.5) is 0 Å². The third-order valence-corrected chi connectivity index (χ3v) is 4.21. The summed E-state index contributed by atoms with van der Waals surface area (Å²) < 4.78 is 4.85. The van der Waals surface area contributed by atoms with Gasteiger partial charge >= 0.3 is 0 Å². The van der Waals surface area contributed by atoms with Crippen LogP contribution < -0.4 is 5.32 Å². The van der Waals surface area contributed by atoms with Gasteiger partial charge in [-0.3, -0.25) is 9.69 Å². The van der Waals surface area contributed by atoms with Crippen LogP contribution in [0.5, 0.6) is 0 Å². The van der Waals surface area contributed by atoms with Crippen LogP contribution in [0, 0.1) is 11.8 Å². The monoisotopic (exact) mass is 304 g/mol. The zero-order chi connectivity index (χ0) is 15.9. The molecule has 0 aliphatic carbocycles. The third-order valence-electron chi connectivity index (χ3n) is 4.21. The number of piperidine rings is 1. The van der Waals surface area contributed by atoms with E-state index in [4.69, 9.17) is 4.74 Å². The van der Waals surface area contributed by atoms with E-state index in [0.29, 0.717) is 6.54 Å². The molecule has 4 heteroatoms. The lowest BCUT2D eigenvalue weighted by Gasteiger charge is -2.35. The Balaban J connectivity index is 1.97. The van der Waals surface area contributed by atoms with Crippen LogP contribution in [-0.4, -0.2) is 37.6 Å². The van der Waals surface area contributed by atoms with Crippen LogP contribution >= 0.6 is 0 Å². The summed E-state index contributed by atoms with van der Waals surface area (Å²) in [5.74, 6) is 1.45. The van der Waals surface area contributed by atoms with Gasteiger partial charge in [0.1, 0.15) is 6.61 Å². The first kappa shape index (κ1) is 17.0. The zero-order valence-corrected chi connectivity index (χ0v) is 14.0. The molecule has 1 aliphatic rings. The fraction of sp³-hybridized carbons (Fsp3) is 0.611. The number of amides is 1. The van der Waals surface area contributed by atoms with Crippen molar-refractivity contribution in [1.29, 1.82) is 0 Å². The Labute approximate surface area is 133 Å². The molecule has 1 aromatic carbocycles. The Morgan fingerprint density at radius 3 is 2.50 bits per heavy atom. The predicted octanol–water partition coefficient (Wildman–Crippen LogP) is 2.43. The second-order valence-electron chi connectivity index (χ2n) is 6.62. The van der Waals surface area contributed by atoms with Crippen molar-refractivity contribution in [2.75, 3.05) is 26.8 Å². The van der Waals surface area contributed by atoms with Gasteiger partial charge < -0.3 is 10.1 Å². The molecule has 0 bridgehead atoms. The van der Waals surface area contributed by atoms with E-state index in [1.165, 1.54) is 24.7 Å². The molecule has 0 unspecified atom stereocenters. The Morgan fingerprint density at radius 1 is 1.23 bits per heavy atom. The average Bonchev–Trinajstić information content (AvgIpc) is 2.45. The van der Waals surface area contributed by atoms with Gasteiger partial charge in [-0.15, -0.1) is 0 Å². The fourth-order valence-corrected chi connectivity index (χ4v) is 3.42. The number of carbonyl (C=O) groups is 1. The lowest BCUT2D eigenvalue weighted by Crippen LogP contribution is -2.38. The molecule has 122 valence electrons. The van der Waals surface area contributed by atoms with Crippen LogP contribution in [0.3, 0.4) is 0 Å². The summed E-state index contributed by atoms with van der Waals surface area (Å²) in [6.45, 7) is 8.63. The van der Waals surface area contributed by atoms with Gasteiger partial charge in [0.2, 0.25) is 5.91 Å². The van der Waals surface area contributed by atoms with Crippen molar-refractivity contribution in [3.63, 3.8) is 0 Å². The largest absolute Gasteiger partial charge is 0.375 e. The number of hydrogen-bond donors (Lipinski definition) is 1. The maximum atomic E-state index is 11.6. The van der Waals surface area contributed by atoms with Gasteiger partial charge in [-0.1, -0.05) is 38.1 Å². The summed E-state index contributed by atoms with van der Waals surface area (Å²) >= 11 is 0. The SMILES string of the molecule is COCC(=O)NCc1ccccc1CN1C[C@@H](C)C[C@H](C)C1. The molecule has 0 radical (unpaired) electrons. The Bertz CT molecular complexity index is 480. The van der Waals surface area contributed by atoms with Crippen LogP contribution in [0.15, 0.2) is 24.3 Å². The molecule has 1 saturated heterocycles. The van der Waals surface area contributed by atoms with Crippen molar-refractivity contribution in [3.8, 4) is 0 Å². The zero-order valence-electron chi connectivity index (χ0n) is 14.0. The maximum absolute atomic E-state index is 11.6. The van der Waals surface area contributed by atoms with Gasteiger partial charge in [0.25, 0.3) is 0 Å². The van der Waals surface area contributed by atoms with Crippen LogP contribution in [0.1, 0.15) is 31.4 Å². The molecule has 1 amide bonds. The van der Waals surface area contributed by atoms with E-state index in [2.05, 4.69) is 42.3 Å². The standard InChI is InChI=1S/C18H28N2O2/c1-14-8-15(2)11-20(10-14)12-17-7-5-4-6-16(17)9-19-18(21)13-22-3/h4-7,14-15H,8-13H2,1-3H3,(H,19,21)/t14-,15-/m0/s1. The highest BCUT2D eigenvalue weighted by Gasteiger charge is 2.22. The van der Waals surface area contributed by atoms with E-state index in [-0.39, 0.29) is 12.5 Å².